The van der Waals surface area contributed by atoms with Gasteiger partial charge < -0.3 is 10.2 Å². The average Bonchev–Trinajstić information content (AvgIpc) is 3.30. The number of nitrogens with zero attached hydrogens (tertiary/aromatic N) is 1. The van der Waals surface area contributed by atoms with Gasteiger partial charge in [-0.05, 0) is 68.5 Å². The SMILES string of the molecule is Cc1cc(C)cc(NC(=O)C2CC2C(=O)N2c3ccccc3CC2C)c1. The lowest BCUT2D eigenvalue weighted by Gasteiger charge is -2.23. The Hall–Kier alpha value is -2.62. The highest BCUT2D eigenvalue weighted by atomic mass is 16.2. The molecular formula is C22H24N2O2. The van der Waals surface area contributed by atoms with Crippen LogP contribution in [-0.2, 0) is 16.0 Å². The molecule has 3 unspecified atom stereocenters. The third kappa shape index (κ3) is 3.00. The molecule has 1 fully saturated rings. The van der Waals surface area contributed by atoms with Crippen molar-refractivity contribution in [3.8, 4) is 0 Å². The fraction of sp³-hybridized carbons (Fsp3) is 0.364. The van der Waals surface area contributed by atoms with Crippen molar-refractivity contribution in [2.45, 2.75) is 39.7 Å². The van der Waals surface area contributed by atoms with E-state index in [0.29, 0.717) is 6.42 Å². The molecule has 4 nitrogen and oxygen atoms in total. The number of aryl methyl sites for hydroxylation is 2. The molecule has 2 aromatic rings. The number of rotatable bonds is 3. The maximum atomic E-state index is 13.0. The van der Waals surface area contributed by atoms with E-state index in [2.05, 4.69) is 24.4 Å². The molecule has 3 atom stereocenters. The van der Waals surface area contributed by atoms with Crippen LogP contribution in [0.1, 0.15) is 30.0 Å². The van der Waals surface area contributed by atoms with Crippen LogP contribution in [0.3, 0.4) is 0 Å². The molecule has 2 amide bonds. The Morgan fingerprint density at radius 2 is 1.73 bits per heavy atom. The highest BCUT2D eigenvalue weighted by molar-refractivity contribution is 6.05. The lowest BCUT2D eigenvalue weighted by atomic mass is 10.1. The quantitative estimate of drug-likeness (QED) is 0.916. The zero-order chi connectivity index (χ0) is 18.4. The molecule has 1 aliphatic heterocycles. The average molecular weight is 348 g/mol. The zero-order valence-electron chi connectivity index (χ0n) is 15.5. The van der Waals surface area contributed by atoms with Crippen molar-refractivity contribution in [1.29, 1.82) is 0 Å². The van der Waals surface area contributed by atoms with Gasteiger partial charge in [0.15, 0.2) is 0 Å². The van der Waals surface area contributed by atoms with E-state index in [9.17, 15) is 9.59 Å². The van der Waals surface area contributed by atoms with Gasteiger partial charge in [0, 0.05) is 17.4 Å². The van der Waals surface area contributed by atoms with Crippen molar-refractivity contribution >= 4 is 23.2 Å². The molecule has 2 aliphatic rings. The van der Waals surface area contributed by atoms with Gasteiger partial charge in [0.2, 0.25) is 11.8 Å². The first-order valence-electron chi connectivity index (χ1n) is 9.24. The van der Waals surface area contributed by atoms with Crippen LogP contribution in [0, 0.1) is 25.7 Å². The summed E-state index contributed by atoms with van der Waals surface area (Å²) in [6, 6.07) is 14.2. The van der Waals surface area contributed by atoms with Crippen LogP contribution >= 0.6 is 0 Å². The third-order valence-electron chi connectivity index (χ3n) is 5.38. The van der Waals surface area contributed by atoms with Gasteiger partial charge in [0.05, 0.1) is 11.8 Å². The molecule has 4 rings (SSSR count). The number of hydrogen-bond acceptors (Lipinski definition) is 2. The minimum absolute atomic E-state index is 0.0477. The number of hydrogen-bond donors (Lipinski definition) is 1. The maximum absolute atomic E-state index is 13.0. The van der Waals surface area contributed by atoms with Crippen LogP contribution in [0.5, 0.6) is 0 Å². The molecule has 1 N–H and O–H groups in total. The molecule has 134 valence electrons. The first kappa shape index (κ1) is 16.8. The largest absolute Gasteiger partial charge is 0.326 e. The molecule has 4 heteroatoms. The van der Waals surface area contributed by atoms with Crippen molar-refractivity contribution in [2.24, 2.45) is 11.8 Å². The molecule has 0 aromatic heterocycles. The van der Waals surface area contributed by atoms with E-state index in [0.717, 1.165) is 28.9 Å². The number of carbonyl (C=O) groups is 2. The van der Waals surface area contributed by atoms with Gasteiger partial charge in [-0.2, -0.15) is 0 Å². The van der Waals surface area contributed by atoms with E-state index in [1.807, 2.05) is 49.1 Å². The van der Waals surface area contributed by atoms with Crippen molar-refractivity contribution in [2.75, 3.05) is 10.2 Å². The first-order chi connectivity index (χ1) is 12.4. The van der Waals surface area contributed by atoms with Crippen LogP contribution < -0.4 is 10.2 Å². The number of nitrogens with one attached hydrogen (secondary N) is 1. The van der Waals surface area contributed by atoms with Gasteiger partial charge in [-0.3, -0.25) is 9.59 Å². The fourth-order valence-corrected chi connectivity index (χ4v) is 4.12. The number of para-hydroxylation sites is 1. The standard InChI is InChI=1S/C22H24N2O2/c1-13-8-14(2)10-17(9-13)23-21(25)18-12-19(18)22(26)24-15(3)11-16-6-4-5-7-20(16)24/h4-10,15,18-19H,11-12H2,1-3H3,(H,23,25). The summed E-state index contributed by atoms with van der Waals surface area (Å²) in [5.74, 6) is -0.380. The Morgan fingerprint density at radius 1 is 1.04 bits per heavy atom. The van der Waals surface area contributed by atoms with E-state index in [1.165, 1.54) is 5.56 Å². The summed E-state index contributed by atoms with van der Waals surface area (Å²) in [7, 11) is 0. The highest BCUT2D eigenvalue weighted by Crippen LogP contribution is 2.44. The van der Waals surface area contributed by atoms with Crippen molar-refractivity contribution in [3.05, 3.63) is 59.2 Å². The lowest BCUT2D eigenvalue weighted by Crippen LogP contribution is -2.37. The van der Waals surface area contributed by atoms with Gasteiger partial charge >= 0.3 is 0 Å². The second kappa shape index (κ2) is 6.27. The number of carbonyl (C=O) groups excluding carboxylic acids is 2. The van der Waals surface area contributed by atoms with Gasteiger partial charge in [-0.25, -0.2) is 0 Å². The highest BCUT2D eigenvalue weighted by Gasteiger charge is 2.51. The molecule has 0 bridgehead atoms. The van der Waals surface area contributed by atoms with E-state index in [1.54, 1.807) is 0 Å². The maximum Gasteiger partial charge on any atom is 0.231 e. The molecule has 0 spiro atoms. The van der Waals surface area contributed by atoms with Gasteiger partial charge in [0.25, 0.3) is 0 Å². The second-order valence-electron chi connectivity index (χ2n) is 7.70. The molecular weight excluding hydrogens is 324 g/mol. The predicted octanol–water partition coefficient (Wildman–Crippen LogP) is 3.86. The summed E-state index contributed by atoms with van der Waals surface area (Å²) < 4.78 is 0. The molecule has 0 radical (unpaired) electrons. The van der Waals surface area contributed by atoms with Crippen LogP contribution in [-0.4, -0.2) is 17.9 Å². The van der Waals surface area contributed by atoms with E-state index in [-0.39, 0.29) is 29.7 Å². The predicted molar refractivity (Wildman–Crippen MR) is 103 cm³/mol. The molecule has 1 heterocycles. The lowest BCUT2D eigenvalue weighted by molar-refractivity contribution is -0.123. The number of fused-ring (bicyclic) bond motifs is 1. The monoisotopic (exact) mass is 348 g/mol. The van der Waals surface area contributed by atoms with E-state index in [4.69, 9.17) is 0 Å². The van der Waals surface area contributed by atoms with Gasteiger partial charge in [0.1, 0.15) is 0 Å². The minimum Gasteiger partial charge on any atom is -0.326 e. The topological polar surface area (TPSA) is 49.4 Å². The number of amides is 2. The summed E-state index contributed by atoms with van der Waals surface area (Å²) in [4.78, 5) is 27.5. The van der Waals surface area contributed by atoms with Crippen LogP contribution in [0.25, 0.3) is 0 Å². The van der Waals surface area contributed by atoms with Gasteiger partial charge in [-0.1, -0.05) is 24.3 Å². The zero-order valence-corrected chi connectivity index (χ0v) is 15.5. The van der Waals surface area contributed by atoms with E-state index < -0.39 is 0 Å². The summed E-state index contributed by atoms with van der Waals surface area (Å²) in [6.45, 7) is 6.10. The van der Waals surface area contributed by atoms with Crippen LogP contribution in [0.15, 0.2) is 42.5 Å². The summed E-state index contributed by atoms with van der Waals surface area (Å²) in [5.41, 5.74) is 5.26. The van der Waals surface area contributed by atoms with Crippen molar-refractivity contribution in [1.82, 2.24) is 0 Å². The Balaban J connectivity index is 1.45. The Morgan fingerprint density at radius 3 is 2.46 bits per heavy atom. The number of benzene rings is 2. The molecule has 2 aromatic carbocycles. The Kier molecular flexibility index (Phi) is 4.06. The van der Waals surface area contributed by atoms with Gasteiger partial charge in [-0.15, -0.1) is 0 Å². The Bertz CT molecular complexity index is 869. The molecule has 26 heavy (non-hydrogen) atoms. The van der Waals surface area contributed by atoms with Crippen LogP contribution in [0.4, 0.5) is 11.4 Å². The summed E-state index contributed by atoms with van der Waals surface area (Å²) in [6.07, 6.45) is 1.52. The fourth-order valence-electron chi connectivity index (χ4n) is 4.12. The summed E-state index contributed by atoms with van der Waals surface area (Å²) in [5, 5.41) is 2.98. The van der Waals surface area contributed by atoms with Crippen molar-refractivity contribution < 1.29 is 9.59 Å². The number of anilines is 2. The molecule has 0 saturated heterocycles. The van der Waals surface area contributed by atoms with Crippen LogP contribution in [0.2, 0.25) is 0 Å². The van der Waals surface area contributed by atoms with Crippen molar-refractivity contribution in [3.63, 3.8) is 0 Å². The molecule has 1 saturated carbocycles. The third-order valence-corrected chi connectivity index (χ3v) is 5.38. The first-order valence-corrected chi connectivity index (χ1v) is 9.24. The summed E-state index contributed by atoms with van der Waals surface area (Å²) >= 11 is 0. The second-order valence-corrected chi connectivity index (χ2v) is 7.70. The minimum atomic E-state index is -0.219. The molecule has 1 aliphatic carbocycles. The van der Waals surface area contributed by atoms with E-state index >= 15 is 0 Å². The smallest absolute Gasteiger partial charge is 0.231 e. The Labute approximate surface area is 154 Å². The normalized spacial score (nSPS) is 23.5.